The minimum atomic E-state index is -0.892. The van der Waals surface area contributed by atoms with Crippen LogP contribution in [0.1, 0.15) is 45.6 Å². The maximum absolute atomic E-state index is 12.0. The lowest BCUT2D eigenvalue weighted by atomic mass is 9.87. The van der Waals surface area contributed by atoms with Gasteiger partial charge in [-0.05, 0) is 29.9 Å². The molecule has 0 saturated heterocycles. The molecular formula is C16H24N2O3. The zero-order valence-corrected chi connectivity index (χ0v) is 12.9. The Kier molecular flexibility index (Phi) is 6.34. The third kappa shape index (κ3) is 8.07. The van der Waals surface area contributed by atoms with Crippen LogP contribution in [0.5, 0.6) is 0 Å². The van der Waals surface area contributed by atoms with E-state index in [9.17, 15) is 9.59 Å². The Morgan fingerprint density at radius 2 is 2.10 bits per heavy atom. The van der Waals surface area contributed by atoms with Crippen LogP contribution in [0.2, 0.25) is 0 Å². The first-order valence-electron chi connectivity index (χ1n) is 7.16. The second kappa shape index (κ2) is 7.76. The maximum Gasteiger partial charge on any atom is 0.305 e. The number of amides is 1. The molecule has 21 heavy (non-hydrogen) atoms. The normalized spacial score (nSPS) is 12.7. The van der Waals surface area contributed by atoms with E-state index < -0.39 is 5.97 Å². The van der Waals surface area contributed by atoms with Crippen LogP contribution in [-0.4, -0.2) is 28.0 Å². The zero-order valence-electron chi connectivity index (χ0n) is 12.9. The smallest absolute Gasteiger partial charge is 0.305 e. The van der Waals surface area contributed by atoms with Crippen molar-refractivity contribution >= 4 is 11.9 Å². The average molecular weight is 292 g/mol. The van der Waals surface area contributed by atoms with Crippen molar-refractivity contribution in [2.24, 2.45) is 5.41 Å². The van der Waals surface area contributed by atoms with Crippen LogP contribution in [0.4, 0.5) is 0 Å². The quantitative estimate of drug-likeness (QED) is 0.809. The van der Waals surface area contributed by atoms with Gasteiger partial charge in [-0.25, -0.2) is 0 Å². The lowest BCUT2D eigenvalue weighted by molar-refractivity contribution is -0.137. The molecule has 0 fully saturated rings. The van der Waals surface area contributed by atoms with Crippen molar-refractivity contribution in [2.75, 3.05) is 0 Å². The Balaban J connectivity index is 2.49. The number of aryl methyl sites for hydroxylation is 1. The van der Waals surface area contributed by atoms with Crippen molar-refractivity contribution in [3.63, 3.8) is 0 Å². The summed E-state index contributed by atoms with van der Waals surface area (Å²) < 4.78 is 0. The number of aliphatic carboxylic acids is 1. The number of carbonyl (C=O) groups is 2. The number of carboxylic acids is 1. The Labute approximate surface area is 125 Å². The molecular weight excluding hydrogens is 268 g/mol. The number of pyridine rings is 1. The van der Waals surface area contributed by atoms with Crippen molar-refractivity contribution < 1.29 is 14.7 Å². The predicted molar refractivity (Wildman–Crippen MR) is 80.8 cm³/mol. The highest BCUT2D eigenvalue weighted by molar-refractivity contribution is 5.77. The molecule has 0 radical (unpaired) electrons. The molecule has 0 aliphatic heterocycles. The van der Waals surface area contributed by atoms with Crippen LogP contribution in [0.3, 0.4) is 0 Å². The minimum absolute atomic E-state index is 0.0310. The monoisotopic (exact) mass is 292 g/mol. The minimum Gasteiger partial charge on any atom is -0.481 e. The SMILES string of the molecule is CC(C)(C)CC(CC(=O)O)NC(=O)CCc1cccnc1. The molecule has 5 heteroatoms. The van der Waals surface area contributed by atoms with Gasteiger partial charge in [-0.2, -0.15) is 0 Å². The molecule has 0 aliphatic rings. The molecule has 116 valence electrons. The fraction of sp³-hybridized carbons (Fsp3) is 0.562. The molecule has 0 spiro atoms. The molecule has 2 N–H and O–H groups in total. The summed E-state index contributed by atoms with van der Waals surface area (Å²) in [6, 6.07) is 3.42. The van der Waals surface area contributed by atoms with Crippen LogP contribution in [0.25, 0.3) is 0 Å². The maximum atomic E-state index is 12.0. The summed E-state index contributed by atoms with van der Waals surface area (Å²) in [5.41, 5.74) is 0.967. The van der Waals surface area contributed by atoms with E-state index in [1.807, 2.05) is 32.9 Å². The second-order valence-corrected chi connectivity index (χ2v) is 6.49. The summed E-state index contributed by atoms with van der Waals surface area (Å²) in [6.07, 6.45) is 4.96. The summed E-state index contributed by atoms with van der Waals surface area (Å²) in [5, 5.41) is 11.8. The lowest BCUT2D eigenvalue weighted by Gasteiger charge is -2.25. The van der Waals surface area contributed by atoms with Gasteiger partial charge in [0.1, 0.15) is 0 Å². The van der Waals surface area contributed by atoms with Crippen molar-refractivity contribution in [3.05, 3.63) is 30.1 Å². The molecule has 1 atom stereocenters. The van der Waals surface area contributed by atoms with E-state index in [2.05, 4.69) is 10.3 Å². The van der Waals surface area contributed by atoms with E-state index in [4.69, 9.17) is 5.11 Å². The number of nitrogens with zero attached hydrogens (tertiary/aromatic N) is 1. The summed E-state index contributed by atoms with van der Waals surface area (Å²) >= 11 is 0. The number of carbonyl (C=O) groups excluding carboxylic acids is 1. The number of hydrogen-bond acceptors (Lipinski definition) is 3. The molecule has 0 aliphatic carbocycles. The predicted octanol–water partition coefficient (Wildman–Crippen LogP) is 2.41. The fourth-order valence-electron chi connectivity index (χ4n) is 2.23. The molecule has 1 aromatic heterocycles. The molecule has 0 bridgehead atoms. The van der Waals surface area contributed by atoms with E-state index >= 15 is 0 Å². The number of rotatable bonds is 7. The van der Waals surface area contributed by atoms with Crippen LogP contribution in [0.15, 0.2) is 24.5 Å². The third-order valence-corrected chi connectivity index (χ3v) is 3.01. The standard InChI is InChI=1S/C16H24N2O3/c1-16(2,3)10-13(9-15(20)21)18-14(19)7-6-12-5-4-8-17-11-12/h4-5,8,11,13H,6-7,9-10H2,1-3H3,(H,18,19)(H,20,21). The van der Waals surface area contributed by atoms with Gasteiger partial charge in [-0.1, -0.05) is 26.8 Å². The number of hydrogen-bond donors (Lipinski definition) is 2. The van der Waals surface area contributed by atoms with Gasteiger partial charge >= 0.3 is 5.97 Å². The van der Waals surface area contributed by atoms with Crippen molar-refractivity contribution in [2.45, 2.75) is 52.5 Å². The van der Waals surface area contributed by atoms with Crippen molar-refractivity contribution in [3.8, 4) is 0 Å². The van der Waals surface area contributed by atoms with Crippen LogP contribution in [0, 0.1) is 5.41 Å². The van der Waals surface area contributed by atoms with Crippen LogP contribution >= 0.6 is 0 Å². The van der Waals surface area contributed by atoms with Crippen molar-refractivity contribution in [1.29, 1.82) is 0 Å². The molecule has 0 aromatic carbocycles. The molecule has 1 heterocycles. The largest absolute Gasteiger partial charge is 0.481 e. The highest BCUT2D eigenvalue weighted by atomic mass is 16.4. The average Bonchev–Trinajstić information content (AvgIpc) is 2.34. The second-order valence-electron chi connectivity index (χ2n) is 6.49. The highest BCUT2D eigenvalue weighted by Crippen LogP contribution is 2.22. The van der Waals surface area contributed by atoms with Gasteiger partial charge in [0.05, 0.1) is 6.42 Å². The van der Waals surface area contributed by atoms with Gasteiger partial charge in [0.25, 0.3) is 0 Å². The Morgan fingerprint density at radius 1 is 1.38 bits per heavy atom. The first kappa shape index (κ1) is 17.1. The molecule has 5 nitrogen and oxygen atoms in total. The van der Waals surface area contributed by atoms with Crippen LogP contribution in [-0.2, 0) is 16.0 Å². The third-order valence-electron chi connectivity index (χ3n) is 3.01. The van der Waals surface area contributed by atoms with E-state index in [-0.39, 0.29) is 23.8 Å². The van der Waals surface area contributed by atoms with E-state index in [0.717, 1.165) is 5.56 Å². The molecule has 1 unspecified atom stereocenters. The lowest BCUT2D eigenvalue weighted by Crippen LogP contribution is -2.39. The van der Waals surface area contributed by atoms with Gasteiger partial charge in [0.2, 0.25) is 5.91 Å². The fourth-order valence-corrected chi connectivity index (χ4v) is 2.23. The first-order chi connectivity index (χ1) is 9.76. The van der Waals surface area contributed by atoms with Gasteiger partial charge < -0.3 is 10.4 Å². The van der Waals surface area contributed by atoms with Gasteiger partial charge in [-0.3, -0.25) is 14.6 Å². The van der Waals surface area contributed by atoms with Gasteiger partial charge in [0.15, 0.2) is 0 Å². The number of carboxylic acid groups (broad SMARTS) is 1. The number of nitrogens with one attached hydrogen (secondary N) is 1. The first-order valence-corrected chi connectivity index (χ1v) is 7.16. The molecule has 0 saturated carbocycles. The van der Waals surface area contributed by atoms with Gasteiger partial charge in [-0.15, -0.1) is 0 Å². The Morgan fingerprint density at radius 3 is 2.62 bits per heavy atom. The number of aromatic nitrogens is 1. The zero-order chi connectivity index (χ0) is 15.9. The Hall–Kier alpha value is -1.91. The highest BCUT2D eigenvalue weighted by Gasteiger charge is 2.22. The molecule has 1 amide bonds. The summed E-state index contributed by atoms with van der Waals surface area (Å²) in [5.74, 6) is -1.01. The van der Waals surface area contributed by atoms with E-state index in [1.54, 1.807) is 12.4 Å². The molecule has 1 rings (SSSR count). The van der Waals surface area contributed by atoms with Crippen molar-refractivity contribution in [1.82, 2.24) is 10.3 Å². The van der Waals surface area contributed by atoms with Crippen LogP contribution < -0.4 is 5.32 Å². The topological polar surface area (TPSA) is 79.3 Å². The van der Waals surface area contributed by atoms with E-state index in [1.165, 1.54) is 0 Å². The molecule has 1 aromatic rings. The summed E-state index contributed by atoms with van der Waals surface area (Å²) in [4.78, 5) is 26.9. The van der Waals surface area contributed by atoms with Gasteiger partial charge in [0, 0.05) is 24.9 Å². The summed E-state index contributed by atoms with van der Waals surface area (Å²) in [6.45, 7) is 6.09. The van der Waals surface area contributed by atoms with E-state index in [0.29, 0.717) is 19.3 Å². The summed E-state index contributed by atoms with van der Waals surface area (Å²) in [7, 11) is 0. The Bertz CT molecular complexity index is 466.